The highest BCUT2D eigenvalue weighted by Gasteiger charge is 2.44. The molecule has 1 saturated heterocycles. The van der Waals surface area contributed by atoms with Crippen molar-refractivity contribution in [2.75, 3.05) is 13.1 Å². The van der Waals surface area contributed by atoms with Crippen LogP contribution in [-0.2, 0) is 35.2 Å². The first-order chi connectivity index (χ1) is 20.5. The van der Waals surface area contributed by atoms with Gasteiger partial charge < -0.3 is 37.8 Å². The topological polar surface area (TPSA) is 235 Å². The van der Waals surface area contributed by atoms with E-state index in [1.54, 1.807) is 24.3 Å². The number of aliphatic carboxylic acids is 1. The van der Waals surface area contributed by atoms with E-state index in [1.165, 1.54) is 0 Å². The lowest BCUT2D eigenvalue weighted by molar-refractivity contribution is -0.142. The Hall–Kier alpha value is -4.49. The number of carbonyl (C=O) groups excluding carboxylic acids is 5. The largest absolute Gasteiger partial charge is 0.481 e. The first-order valence-corrected chi connectivity index (χ1v) is 14.5. The van der Waals surface area contributed by atoms with E-state index in [4.69, 9.17) is 11.5 Å². The number of benzene rings is 1. The number of carboxylic acids is 1. The molecule has 1 aliphatic carbocycles. The fourth-order valence-corrected chi connectivity index (χ4v) is 5.46. The zero-order valence-corrected chi connectivity index (χ0v) is 24.1. The molecule has 2 fully saturated rings. The summed E-state index contributed by atoms with van der Waals surface area (Å²) in [5.41, 5.74) is 10.2. The van der Waals surface area contributed by atoms with Crippen LogP contribution in [0.4, 0.5) is 0 Å². The summed E-state index contributed by atoms with van der Waals surface area (Å²) < 4.78 is 0. The molecular formula is C29H41N7O7. The molecule has 4 amide bonds. The van der Waals surface area contributed by atoms with Crippen LogP contribution in [-0.4, -0.2) is 77.2 Å². The molecule has 0 unspecified atom stereocenters. The number of carbonyl (C=O) groups is 6. The highest BCUT2D eigenvalue weighted by atomic mass is 16.4. The van der Waals surface area contributed by atoms with E-state index in [2.05, 4.69) is 26.3 Å². The number of guanidine groups is 1. The predicted octanol–water partition coefficient (Wildman–Crippen LogP) is -0.749. The highest BCUT2D eigenvalue weighted by molar-refractivity contribution is 5.99. The molecule has 1 aliphatic heterocycles. The number of nitrogens with one attached hydrogen (secondary N) is 4. The quantitative estimate of drug-likeness (QED) is 0.113. The fraction of sp³-hybridized carbons (Fsp3) is 0.552. The molecule has 14 nitrogen and oxygen atoms in total. The molecule has 234 valence electrons. The van der Waals surface area contributed by atoms with Gasteiger partial charge in [-0.1, -0.05) is 49.6 Å². The smallest absolute Gasteiger partial charge is 0.304 e. The summed E-state index contributed by atoms with van der Waals surface area (Å²) in [6.07, 6.45) is 2.28. The van der Waals surface area contributed by atoms with Crippen molar-refractivity contribution in [3.8, 4) is 0 Å². The van der Waals surface area contributed by atoms with Crippen molar-refractivity contribution in [3.63, 3.8) is 0 Å². The summed E-state index contributed by atoms with van der Waals surface area (Å²) in [7, 11) is 0. The lowest BCUT2D eigenvalue weighted by atomic mass is 9.80. The summed E-state index contributed by atoms with van der Waals surface area (Å²) in [6.45, 7) is -0.346. The van der Waals surface area contributed by atoms with Crippen LogP contribution in [0.25, 0.3) is 0 Å². The summed E-state index contributed by atoms with van der Waals surface area (Å²) in [5, 5.41) is 20.1. The summed E-state index contributed by atoms with van der Waals surface area (Å²) in [4.78, 5) is 82.4. The molecule has 9 N–H and O–H groups in total. The first-order valence-electron chi connectivity index (χ1n) is 14.5. The summed E-state index contributed by atoms with van der Waals surface area (Å²) >= 11 is 0. The standard InChI is InChI=1S/C29H41N7O7/c30-28(31)32-13-7-10-20-26(42)36-29(11-5-2-6-12-29)27(43)35-21(14-18-8-3-1-4-9-18)22(37)15-19(16-24(39)40)25(41)33-17-23(38)34-20/h1,3-4,8-9,19-21H,2,5-7,10-17H2,(H,33,41)(H,34,38)(H,35,43)(H,36,42)(H,39,40)(H4,30,31,32)/t19-,20-,21+/m0/s1. The Labute approximate surface area is 249 Å². The molecule has 1 aromatic carbocycles. The second-order valence-corrected chi connectivity index (χ2v) is 11.1. The molecule has 3 rings (SSSR count). The molecule has 1 aromatic rings. The minimum Gasteiger partial charge on any atom is -0.481 e. The molecular weight excluding hydrogens is 558 g/mol. The molecule has 3 atom stereocenters. The summed E-state index contributed by atoms with van der Waals surface area (Å²) in [5.74, 6) is -5.87. The van der Waals surface area contributed by atoms with Gasteiger partial charge in [-0.05, 0) is 37.7 Å². The van der Waals surface area contributed by atoms with E-state index in [-0.39, 0.29) is 25.3 Å². The van der Waals surface area contributed by atoms with Gasteiger partial charge in [-0.25, -0.2) is 0 Å². The number of nitrogens with zero attached hydrogens (tertiary/aromatic N) is 1. The van der Waals surface area contributed by atoms with Gasteiger partial charge in [-0.15, -0.1) is 0 Å². The maximum absolute atomic E-state index is 14.0. The number of nitrogens with two attached hydrogens (primary N) is 2. The molecule has 1 saturated carbocycles. The van der Waals surface area contributed by atoms with Gasteiger partial charge in [0.2, 0.25) is 23.6 Å². The number of hydrogen-bond acceptors (Lipinski definition) is 7. The van der Waals surface area contributed by atoms with Crippen molar-refractivity contribution in [1.82, 2.24) is 21.3 Å². The number of Topliss-reactive ketones (excluding diaryl/α,β-unsaturated/α-hetero) is 1. The van der Waals surface area contributed by atoms with E-state index in [1.807, 2.05) is 6.07 Å². The Morgan fingerprint density at radius 3 is 2.30 bits per heavy atom. The van der Waals surface area contributed by atoms with Crippen LogP contribution in [0, 0.1) is 5.92 Å². The third-order valence-electron chi connectivity index (χ3n) is 7.74. The lowest BCUT2D eigenvalue weighted by Gasteiger charge is -2.38. The molecule has 14 heteroatoms. The number of amides is 4. The molecule has 0 radical (unpaired) electrons. The number of rotatable bonds is 8. The second-order valence-electron chi connectivity index (χ2n) is 11.1. The van der Waals surface area contributed by atoms with Crippen LogP contribution >= 0.6 is 0 Å². The molecule has 0 bridgehead atoms. The maximum Gasteiger partial charge on any atom is 0.304 e. The summed E-state index contributed by atoms with van der Waals surface area (Å²) in [6, 6.07) is 6.80. The normalized spacial score (nSPS) is 23.5. The molecule has 43 heavy (non-hydrogen) atoms. The average Bonchev–Trinajstić information content (AvgIpc) is 2.96. The van der Waals surface area contributed by atoms with Crippen LogP contribution < -0.4 is 32.7 Å². The number of carboxylic acid groups (broad SMARTS) is 1. The third-order valence-corrected chi connectivity index (χ3v) is 7.74. The van der Waals surface area contributed by atoms with Crippen molar-refractivity contribution in [2.24, 2.45) is 22.4 Å². The van der Waals surface area contributed by atoms with Crippen LogP contribution in [0.2, 0.25) is 0 Å². The zero-order chi connectivity index (χ0) is 31.4. The van der Waals surface area contributed by atoms with E-state index in [0.29, 0.717) is 32.1 Å². The Morgan fingerprint density at radius 1 is 0.953 bits per heavy atom. The molecule has 0 aromatic heterocycles. The van der Waals surface area contributed by atoms with Crippen LogP contribution in [0.15, 0.2) is 35.3 Å². The molecule has 1 heterocycles. The van der Waals surface area contributed by atoms with Crippen LogP contribution in [0.5, 0.6) is 0 Å². The van der Waals surface area contributed by atoms with Gasteiger partial charge in [0, 0.05) is 13.0 Å². The van der Waals surface area contributed by atoms with Gasteiger partial charge in [-0.3, -0.25) is 33.8 Å². The monoisotopic (exact) mass is 599 g/mol. The Morgan fingerprint density at radius 2 is 1.65 bits per heavy atom. The molecule has 2 aliphatic rings. The number of ketones is 1. The van der Waals surface area contributed by atoms with Gasteiger partial charge in [0.15, 0.2) is 11.7 Å². The number of aliphatic imine (C=N–C) groups is 1. The van der Waals surface area contributed by atoms with Gasteiger partial charge in [-0.2, -0.15) is 0 Å². The minimum atomic E-state index is -1.33. The van der Waals surface area contributed by atoms with Crippen molar-refractivity contribution in [1.29, 1.82) is 0 Å². The minimum absolute atomic E-state index is 0.101. The lowest BCUT2D eigenvalue weighted by Crippen LogP contribution is -2.64. The number of hydrogen-bond donors (Lipinski definition) is 7. The maximum atomic E-state index is 14.0. The van der Waals surface area contributed by atoms with Crippen molar-refractivity contribution in [2.45, 2.75) is 81.8 Å². The van der Waals surface area contributed by atoms with Gasteiger partial charge in [0.1, 0.15) is 11.6 Å². The fourth-order valence-electron chi connectivity index (χ4n) is 5.46. The molecule has 1 spiro atoms. The Kier molecular flexibility index (Phi) is 12.0. The van der Waals surface area contributed by atoms with Crippen LogP contribution in [0.3, 0.4) is 0 Å². The second kappa shape index (κ2) is 15.7. The average molecular weight is 600 g/mol. The van der Waals surface area contributed by atoms with E-state index < -0.39 is 78.3 Å². The Balaban J connectivity index is 1.98. The van der Waals surface area contributed by atoms with E-state index in [0.717, 1.165) is 12.0 Å². The zero-order valence-electron chi connectivity index (χ0n) is 24.1. The van der Waals surface area contributed by atoms with Crippen LogP contribution in [0.1, 0.15) is 63.4 Å². The SMILES string of the molecule is NC(N)=NCCC[C@@H]1NC(=O)CNC(=O)[C@H](CC(=O)O)CC(=O)[C@@H](Cc2ccccc2)NC(=O)C2(CCCCC2)NC1=O. The van der Waals surface area contributed by atoms with Gasteiger partial charge in [0.25, 0.3) is 0 Å². The van der Waals surface area contributed by atoms with Gasteiger partial charge >= 0.3 is 5.97 Å². The van der Waals surface area contributed by atoms with E-state index >= 15 is 0 Å². The van der Waals surface area contributed by atoms with Crippen molar-refractivity contribution >= 4 is 41.3 Å². The predicted molar refractivity (Wildman–Crippen MR) is 156 cm³/mol. The van der Waals surface area contributed by atoms with Crippen molar-refractivity contribution in [3.05, 3.63) is 35.9 Å². The Bertz CT molecular complexity index is 1210. The third kappa shape index (κ3) is 10.1. The van der Waals surface area contributed by atoms with E-state index in [9.17, 15) is 33.9 Å². The van der Waals surface area contributed by atoms with Gasteiger partial charge in [0.05, 0.1) is 24.9 Å². The van der Waals surface area contributed by atoms with Crippen molar-refractivity contribution < 1.29 is 33.9 Å². The highest BCUT2D eigenvalue weighted by Crippen LogP contribution is 2.29. The first kappa shape index (κ1) is 33.0.